The van der Waals surface area contributed by atoms with Gasteiger partial charge in [0.1, 0.15) is 0 Å². The van der Waals surface area contributed by atoms with Gasteiger partial charge in [-0.15, -0.1) is 0 Å². The smallest absolute Gasteiger partial charge is 0.170 e. The highest BCUT2D eigenvalue weighted by molar-refractivity contribution is 5.31. The van der Waals surface area contributed by atoms with Crippen LogP contribution in [0.2, 0.25) is 0 Å². The minimum absolute atomic E-state index is 0.279. The summed E-state index contributed by atoms with van der Waals surface area (Å²) >= 11 is 0. The van der Waals surface area contributed by atoms with Crippen LogP contribution in [0.15, 0.2) is 36.7 Å². The van der Waals surface area contributed by atoms with Crippen LogP contribution in [0.25, 0.3) is 0 Å². The maximum absolute atomic E-state index is 14.0. The van der Waals surface area contributed by atoms with Crippen LogP contribution in [0.1, 0.15) is 11.1 Å². The average Bonchev–Trinajstić information content (AvgIpc) is 2.80. The minimum Gasteiger partial charge on any atom is -0.494 e. The maximum atomic E-state index is 14.0. The molecule has 1 aromatic carbocycles. The van der Waals surface area contributed by atoms with Gasteiger partial charge in [-0.2, -0.15) is 0 Å². The molecule has 0 spiro atoms. The molecule has 2 aromatic rings. The molecule has 0 saturated carbocycles. The third-order valence-corrected chi connectivity index (χ3v) is 2.86. The zero-order valence-corrected chi connectivity index (χ0v) is 10.4. The summed E-state index contributed by atoms with van der Waals surface area (Å²) in [5, 5.41) is 0. The van der Waals surface area contributed by atoms with Gasteiger partial charge in [0, 0.05) is 18.0 Å². The number of aromatic nitrogens is 1. The summed E-state index contributed by atoms with van der Waals surface area (Å²) in [5.74, 6) is -0.0177. The zero-order chi connectivity index (χ0) is 13.0. The van der Waals surface area contributed by atoms with E-state index in [-0.39, 0.29) is 11.6 Å². The van der Waals surface area contributed by atoms with E-state index in [9.17, 15) is 4.39 Å². The van der Waals surface area contributed by atoms with E-state index in [4.69, 9.17) is 10.5 Å². The quantitative estimate of drug-likeness (QED) is 0.881. The Labute approximate surface area is 106 Å². The highest BCUT2D eigenvalue weighted by atomic mass is 19.1. The Balaban J connectivity index is 2.17. The molecule has 18 heavy (non-hydrogen) atoms. The predicted octanol–water partition coefficient (Wildman–Crippen LogP) is 2.19. The number of halogens is 1. The first kappa shape index (κ1) is 12.6. The third-order valence-electron chi connectivity index (χ3n) is 2.86. The van der Waals surface area contributed by atoms with Gasteiger partial charge in [-0.25, -0.2) is 4.39 Å². The lowest BCUT2D eigenvalue weighted by Crippen LogP contribution is -2.03. The molecule has 3 nitrogen and oxygen atoms in total. The Morgan fingerprint density at radius 1 is 1.33 bits per heavy atom. The fourth-order valence-electron chi connectivity index (χ4n) is 1.94. The summed E-state index contributed by atoms with van der Waals surface area (Å²) in [4.78, 5) is 0. The first-order valence-electron chi connectivity index (χ1n) is 5.90. The van der Waals surface area contributed by atoms with Crippen molar-refractivity contribution in [2.24, 2.45) is 5.73 Å². The minimum atomic E-state index is -0.297. The molecule has 0 amide bonds. The molecule has 1 aromatic heterocycles. The van der Waals surface area contributed by atoms with E-state index in [2.05, 4.69) is 0 Å². The summed E-state index contributed by atoms with van der Waals surface area (Å²) in [6.07, 6.45) is 4.77. The molecule has 0 aliphatic carbocycles. The van der Waals surface area contributed by atoms with E-state index in [0.29, 0.717) is 18.7 Å². The Bertz CT molecular complexity index is 522. The summed E-state index contributed by atoms with van der Waals surface area (Å²) in [5.41, 5.74) is 7.28. The van der Waals surface area contributed by atoms with Crippen molar-refractivity contribution in [1.29, 1.82) is 0 Å². The van der Waals surface area contributed by atoms with Crippen LogP contribution >= 0.6 is 0 Å². The molecule has 0 unspecified atom stereocenters. The average molecular weight is 248 g/mol. The molecule has 0 aliphatic rings. The van der Waals surface area contributed by atoms with E-state index >= 15 is 0 Å². The summed E-state index contributed by atoms with van der Waals surface area (Å²) < 4.78 is 20.9. The number of hydrogen-bond donors (Lipinski definition) is 1. The van der Waals surface area contributed by atoms with Crippen LogP contribution in [0.3, 0.4) is 0 Å². The molecule has 4 heteroatoms. The largest absolute Gasteiger partial charge is 0.494 e. The third kappa shape index (κ3) is 2.71. The molecule has 0 bridgehead atoms. The number of rotatable bonds is 5. The van der Waals surface area contributed by atoms with E-state index in [1.165, 1.54) is 12.7 Å². The van der Waals surface area contributed by atoms with Crippen molar-refractivity contribution in [2.45, 2.75) is 13.0 Å². The molecule has 0 atom stereocenters. The number of benzene rings is 1. The number of nitrogens with two attached hydrogens (primary N) is 1. The highest BCUT2D eigenvalue weighted by Crippen LogP contribution is 2.20. The molecule has 96 valence electrons. The maximum Gasteiger partial charge on any atom is 0.170 e. The lowest BCUT2D eigenvalue weighted by atomic mass is 10.2. The molecule has 0 fully saturated rings. The first-order chi connectivity index (χ1) is 8.74. The lowest BCUT2D eigenvalue weighted by Gasteiger charge is -2.08. The van der Waals surface area contributed by atoms with Crippen molar-refractivity contribution in [1.82, 2.24) is 4.57 Å². The normalized spacial score (nSPS) is 10.6. The van der Waals surface area contributed by atoms with Gasteiger partial charge >= 0.3 is 0 Å². The van der Waals surface area contributed by atoms with Crippen molar-refractivity contribution in [3.05, 3.63) is 53.6 Å². The predicted molar refractivity (Wildman–Crippen MR) is 69.2 cm³/mol. The fraction of sp³-hybridized carbons (Fsp3) is 0.286. The van der Waals surface area contributed by atoms with Crippen molar-refractivity contribution in [3.63, 3.8) is 0 Å². The number of nitrogens with zero attached hydrogens (tertiary/aromatic N) is 1. The molecular weight excluding hydrogens is 231 g/mol. The topological polar surface area (TPSA) is 40.2 Å². The molecule has 0 aliphatic heterocycles. The second kappa shape index (κ2) is 5.69. The molecule has 2 N–H and O–H groups in total. The monoisotopic (exact) mass is 248 g/mol. The Hall–Kier alpha value is -1.81. The fourth-order valence-corrected chi connectivity index (χ4v) is 1.94. The van der Waals surface area contributed by atoms with E-state index < -0.39 is 0 Å². The van der Waals surface area contributed by atoms with Gasteiger partial charge in [0.2, 0.25) is 0 Å². The second-order valence-corrected chi connectivity index (χ2v) is 4.16. The van der Waals surface area contributed by atoms with Gasteiger partial charge in [-0.05, 0) is 30.7 Å². The van der Waals surface area contributed by atoms with Crippen molar-refractivity contribution < 1.29 is 9.13 Å². The Morgan fingerprint density at radius 3 is 2.89 bits per heavy atom. The van der Waals surface area contributed by atoms with E-state index in [1.54, 1.807) is 18.2 Å². The molecule has 0 saturated heterocycles. The van der Waals surface area contributed by atoms with Gasteiger partial charge < -0.3 is 15.0 Å². The van der Waals surface area contributed by atoms with E-state index in [0.717, 1.165) is 6.42 Å². The molecule has 2 rings (SSSR count). The standard InChI is InChI=1S/C14H17FN2O/c1-18-13-4-2-3-12(14(13)15)10-17-8-6-11(9-17)5-7-16/h2-4,6,8-9H,5,7,10,16H2,1H3. The SMILES string of the molecule is COc1cccc(Cn2ccc(CCN)c2)c1F. The van der Waals surface area contributed by atoms with Crippen LogP contribution in [0, 0.1) is 5.82 Å². The van der Waals surface area contributed by atoms with E-state index in [1.807, 2.05) is 23.0 Å². The number of hydrogen-bond acceptors (Lipinski definition) is 2. The van der Waals surface area contributed by atoms with Crippen LogP contribution in [-0.4, -0.2) is 18.2 Å². The number of ether oxygens (including phenoxy) is 1. The van der Waals surface area contributed by atoms with Crippen molar-refractivity contribution in [3.8, 4) is 5.75 Å². The molecule has 0 radical (unpaired) electrons. The van der Waals surface area contributed by atoms with Gasteiger partial charge in [0.15, 0.2) is 11.6 Å². The van der Waals surface area contributed by atoms with Gasteiger partial charge in [0.05, 0.1) is 13.7 Å². The van der Waals surface area contributed by atoms with Crippen LogP contribution in [-0.2, 0) is 13.0 Å². The highest BCUT2D eigenvalue weighted by Gasteiger charge is 2.08. The number of methoxy groups -OCH3 is 1. The Morgan fingerprint density at radius 2 is 2.17 bits per heavy atom. The van der Waals surface area contributed by atoms with Crippen molar-refractivity contribution >= 4 is 0 Å². The first-order valence-corrected chi connectivity index (χ1v) is 5.90. The van der Waals surface area contributed by atoms with Gasteiger partial charge in [-0.3, -0.25) is 0 Å². The summed E-state index contributed by atoms with van der Waals surface area (Å²) in [6.45, 7) is 1.12. The zero-order valence-electron chi connectivity index (χ0n) is 10.4. The van der Waals surface area contributed by atoms with Gasteiger partial charge in [-0.1, -0.05) is 12.1 Å². The summed E-state index contributed by atoms with van der Waals surface area (Å²) in [7, 11) is 1.47. The van der Waals surface area contributed by atoms with Crippen LogP contribution < -0.4 is 10.5 Å². The molecular formula is C14H17FN2O. The lowest BCUT2D eigenvalue weighted by molar-refractivity contribution is 0.383. The van der Waals surface area contributed by atoms with Crippen molar-refractivity contribution in [2.75, 3.05) is 13.7 Å². The Kier molecular flexibility index (Phi) is 3.99. The second-order valence-electron chi connectivity index (χ2n) is 4.16. The van der Waals surface area contributed by atoms with Crippen LogP contribution in [0.4, 0.5) is 4.39 Å². The van der Waals surface area contributed by atoms with Crippen LogP contribution in [0.5, 0.6) is 5.75 Å². The molecule has 1 heterocycles. The van der Waals surface area contributed by atoms with Gasteiger partial charge in [0.25, 0.3) is 0 Å². The summed E-state index contributed by atoms with van der Waals surface area (Å²) in [6, 6.07) is 7.18.